The quantitative estimate of drug-likeness (QED) is 0.851. The average molecular weight is 234 g/mol. The van der Waals surface area contributed by atoms with Crippen LogP contribution in [0.3, 0.4) is 0 Å². The van der Waals surface area contributed by atoms with Crippen molar-refractivity contribution in [3.8, 4) is 0 Å². The van der Waals surface area contributed by atoms with Gasteiger partial charge in [-0.15, -0.1) is 0 Å². The summed E-state index contributed by atoms with van der Waals surface area (Å²) in [4.78, 5) is 2.48. The molecular weight excluding hydrogens is 212 g/mol. The van der Waals surface area contributed by atoms with E-state index < -0.39 is 0 Å². The predicted octanol–water partition coefficient (Wildman–Crippen LogP) is 1.18. The average Bonchev–Trinajstić information content (AvgIpc) is 2.72. The summed E-state index contributed by atoms with van der Waals surface area (Å²) in [6, 6.07) is 3.34. The Labute approximate surface area is 103 Å². The number of likely N-dealkylation sites (tertiary alicyclic amines) is 1. The van der Waals surface area contributed by atoms with Gasteiger partial charge < -0.3 is 5.73 Å². The summed E-state index contributed by atoms with van der Waals surface area (Å²) in [5, 5.41) is 4.48. The highest BCUT2D eigenvalue weighted by Crippen LogP contribution is 2.36. The van der Waals surface area contributed by atoms with Gasteiger partial charge in [-0.25, -0.2) is 0 Å². The molecule has 1 saturated carbocycles. The third-order valence-corrected chi connectivity index (χ3v) is 4.14. The van der Waals surface area contributed by atoms with Gasteiger partial charge in [0.2, 0.25) is 0 Å². The minimum absolute atomic E-state index is 0.0826. The number of nitrogens with zero attached hydrogens (tertiary/aromatic N) is 3. The standard InChI is InChI=1S/C13H22N4/c1-10(2)16-8-12(9-16)17-11(3-6-15-17)7-13(14)4-5-13/h3,6,10,12H,4-5,7-9,14H2,1-2H3. The highest BCUT2D eigenvalue weighted by atomic mass is 15.4. The van der Waals surface area contributed by atoms with E-state index in [1.54, 1.807) is 0 Å². The van der Waals surface area contributed by atoms with E-state index in [2.05, 4.69) is 34.6 Å². The van der Waals surface area contributed by atoms with Crippen LogP contribution >= 0.6 is 0 Å². The van der Waals surface area contributed by atoms with Crippen molar-refractivity contribution >= 4 is 0 Å². The van der Waals surface area contributed by atoms with E-state index in [0.29, 0.717) is 12.1 Å². The van der Waals surface area contributed by atoms with Crippen LogP contribution in [0.15, 0.2) is 12.3 Å². The number of aromatic nitrogens is 2. The minimum atomic E-state index is 0.0826. The van der Waals surface area contributed by atoms with Crippen LogP contribution in [0.1, 0.15) is 38.4 Å². The first-order chi connectivity index (χ1) is 8.07. The van der Waals surface area contributed by atoms with Gasteiger partial charge in [0.05, 0.1) is 6.04 Å². The molecule has 2 aliphatic rings. The Kier molecular flexibility index (Phi) is 2.52. The normalized spacial score (nSPS) is 24.0. The van der Waals surface area contributed by atoms with E-state index >= 15 is 0 Å². The summed E-state index contributed by atoms with van der Waals surface area (Å²) in [5.74, 6) is 0. The maximum absolute atomic E-state index is 6.19. The molecule has 0 aromatic carbocycles. The molecular formula is C13H22N4. The van der Waals surface area contributed by atoms with Crippen molar-refractivity contribution in [1.82, 2.24) is 14.7 Å². The van der Waals surface area contributed by atoms with E-state index in [-0.39, 0.29) is 5.54 Å². The second-order valence-corrected chi connectivity index (χ2v) is 6.01. The van der Waals surface area contributed by atoms with E-state index in [1.807, 2.05) is 6.20 Å². The Morgan fingerprint density at radius 2 is 2.18 bits per heavy atom. The van der Waals surface area contributed by atoms with Gasteiger partial charge in [-0.1, -0.05) is 0 Å². The van der Waals surface area contributed by atoms with Crippen LogP contribution in [0, 0.1) is 0 Å². The van der Waals surface area contributed by atoms with Crippen molar-refractivity contribution in [2.45, 2.75) is 50.7 Å². The number of hydrogen-bond acceptors (Lipinski definition) is 3. The topological polar surface area (TPSA) is 47.1 Å². The van der Waals surface area contributed by atoms with Crippen molar-refractivity contribution in [1.29, 1.82) is 0 Å². The second kappa shape index (κ2) is 3.82. The molecule has 1 aromatic rings. The first-order valence-corrected chi connectivity index (χ1v) is 6.63. The lowest BCUT2D eigenvalue weighted by Crippen LogP contribution is -2.51. The highest BCUT2D eigenvalue weighted by molar-refractivity contribution is 5.14. The second-order valence-electron chi connectivity index (χ2n) is 6.01. The van der Waals surface area contributed by atoms with Crippen LogP contribution in [-0.2, 0) is 6.42 Å². The van der Waals surface area contributed by atoms with Crippen LogP contribution in [0.25, 0.3) is 0 Å². The summed E-state index contributed by atoms with van der Waals surface area (Å²) in [6.07, 6.45) is 5.24. The van der Waals surface area contributed by atoms with E-state index in [1.165, 1.54) is 18.5 Å². The smallest absolute Gasteiger partial charge is 0.0776 e. The van der Waals surface area contributed by atoms with Gasteiger partial charge in [-0.3, -0.25) is 9.58 Å². The first kappa shape index (κ1) is 11.2. The Bertz CT molecular complexity index is 399. The van der Waals surface area contributed by atoms with Crippen molar-refractivity contribution in [3.05, 3.63) is 18.0 Å². The Balaban J connectivity index is 1.66. The molecule has 0 amide bonds. The Morgan fingerprint density at radius 3 is 2.76 bits per heavy atom. The van der Waals surface area contributed by atoms with Gasteiger partial charge in [0.1, 0.15) is 0 Å². The lowest BCUT2D eigenvalue weighted by Gasteiger charge is -2.42. The molecule has 4 nitrogen and oxygen atoms in total. The SMILES string of the molecule is CC(C)N1CC(n2nccc2CC2(N)CC2)C1. The highest BCUT2D eigenvalue weighted by Gasteiger charge is 2.40. The van der Waals surface area contributed by atoms with Crippen molar-refractivity contribution in [3.63, 3.8) is 0 Å². The van der Waals surface area contributed by atoms with E-state index in [4.69, 9.17) is 5.73 Å². The number of nitrogens with two attached hydrogens (primary N) is 1. The molecule has 0 bridgehead atoms. The van der Waals surface area contributed by atoms with E-state index in [9.17, 15) is 0 Å². The van der Waals surface area contributed by atoms with Crippen LogP contribution in [0.4, 0.5) is 0 Å². The lowest BCUT2D eigenvalue weighted by atomic mass is 10.1. The van der Waals surface area contributed by atoms with Gasteiger partial charge in [0.25, 0.3) is 0 Å². The molecule has 2 fully saturated rings. The Morgan fingerprint density at radius 1 is 1.47 bits per heavy atom. The molecule has 2 N–H and O–H groups in total. The fourth-order valence-electron chi connectivity index (χ4n) is 2.57. The van der Waals surface area contributed by atoms with Crippen LogP contribution in [-0.4, -0.2) is 39.4 Å². The molecule has 0 atom stereocenters. The van der Waals surface area contributed by atoms with Crippen LogP contribution < -0.4 is 5.73 Å². The summed E-state index contributed by atoms with van der Waals surface area (Å²) in [6.45, 7) is 6.76. The third-order valence-electron chi connectivity index (χ3n) is 4.14. The zero-order valence-electron chi connectivity index (χ0n) is 10.8. The predicted molar refractivity (Wildman–Crippen MR) is 67.8 cm³/mol. The summed E-state index contributed by atoms with van der Waals surface area (Å²) >= 11 is 0. The third kappa shape index (κ3) is 2.11. The zero-order valence-corrected chi connectivity index (χ0v) is 10.8. The summed E-state index contributed by atoms with van der Waals surface area (Å²) < 4.78 is 2.20. The maximum Gasteiger partial charge on any atom is 0.0776 e. The van der Waals surface area contributed by atoms with Crippen LogP contribution in [0.5, 0.6) is 0 Å². The molecule has 1 aromatic heterocycles. The monoisotopic (exact) mass is 234 g/mol. The molecule has 0 unspecified atom stereocenters. The first-order valence-electron chi connectivity index (χ1n) is 6.63. The minimum Gasteiger partial charge on any atom is -0.325 e. The summed E-state index contributed by atoms with van der Waals surface area (Å²) in [7, 11) is 0. The Hall–Kier alpha value is -0.870. The molecule has 1 aliphatic heterocycles. The van der Waals surface area contributed by atoms with Crippen LogP contribution in [0.2, 0.25) is 0 Å². The zero-order chi connectivity index (χ0) is 12.0. The molecule has 4 heteroatoms. The lowest BCUT2D eigenvalue weighted by molar-refractivity contribution is 0.0656. The molecule has 0 radical (unpaired) electrons. The number of rotatable bonds is 4. The molecule has 2 heterocycles. The molecule has 17 heavy (non-hydrogen) atoms. The fraction of sp³-hybridized carbons (Fsp3) is 0.769. The van der Waals surface area contributed by atoms with Gasteiger partial charge in [-0.05, 0) is 32.8 Å². The van der Waals surface area contributed by atoms with Gasteiger partial charge in [0.15, 0.2) is 0 Å². The van der Waals surface area contributed by atoms with Gasteiger partial charge >= 0.3 is 0 Å². The van der Waals surface area contributed by atoms with Crippen molar-refractivity contribution < 1.29 is 0 Å². The van der Waals surface area contributed by atoms with Gasteiger partial charge in [0, 0.05) is 43.0 Å². The maximum atomic E-state index is 6.19. The van der Waals surface area contributed by atoms with E-state index in [0.717, 1.165) is 19.5 Å². The molecule has 0 spiro atoms. The van der Waals surface area contributed by atoms with Crippen molar-refractivity contribution in [2.75, 3.05) is 13.1 Å². The number of hydrogen-bond donors (Lipinski definition) is 1. The molecule has 3 rings (SSSR count). The molecule has 1 saturated heterocycles. The van der Waals surface area contributed by atoms with Gasteiger partial charge in [-0.2, -0.15) is 5.10 Å². The molecule has 94 valence electrons. The summed E-state index contributed by atoms with van der Waals surface area (Å²) in [5.41, 5.74) is 7.59. The molecule has 1 aliphatic carbocycles. The largest absolute Gasteiger partial charge is 0.325 e. The van der Waals surface area contributed by atoms with Crippen molar-refractivity contribution in [2.24, 2.45) is 5.73 Å². The fourth-order valence-corrected chi connectivity index (χ4v) is 2.57.